The number of oxazole rings is 1. The molecule has 114 valence electrons. The number of rotatable bonds is 3. The van der Waals surface area contributed by atoms with E-state index in [2.05, 4.69) is 10.3 Å². The van der Waals surface area contributed by atoms with Crippen LogP contribution in [0.3, 0.4) is 0 Å². The smallest absolute Gasteiger partial charge is 0.407 e. The van der Waals surface area contributed by atoms with Crippen LogP contribution >= 0.6 is 0 Å². The first kappa shape index (κ1) is 15.3. The minimum absolute atomic E-state index is 0.166. The van der Waals surface area contributed by atoms with Gasteiger partial charge in [0.05, 0.1) is 6.04 Å². The number of alkyl carbamates (subject to hydrolysis) is 1. The van der Waals surface area contributed by atoms with Crippen molar-refractivity contribution in [3.05, 3.63) is 30.2 Å². The maximum atomic E-state index is 11.7. The van der Waals surface area contributed by atoms with Gasteiger partial charge in [-0.25, -0.2) is 9.78 Å². The van der Waals surface area contributed by atoms with Gasteiger partial charge in [0.25, 0.3) is 0 Å². The summed E-state index contributed by atoms with van der Waals surface area (Å²) in [5, 5.41) is 12.8. The van der Waals surface area contributed by atoms with E-state index >= 15 is 0 Å². The molecule has 1 aromatic heterocycles. The average Bonchev–Trinajstić information content (AvgIpc) is 2.78. The molecule has 2 N–H and O–H groups in total. The summed E-state index contributed by atoms with van der Waals surface area (Å²) in [6, 6.07) is 6.63. The first-order valence-corrected chi connectivity index (χ1v) is 6.79. The number of nitrogens with one attached hydrogen (secondary N) is 1. The molecule has 1 aromatic carbocycles. The van der Waals surface area contributed by atoms with Gasteiger partial charge in [-0.2, -0.15) is 0 Å². The Kier molecular flexibility index (Phi) is 4.18. The highest BCUT2D eigenvalue weighted by Crippen LogP contribution is 2.22. The maximum Gasteiger partial charge on any atom is 0.407 e. The minimum atomic E-state index is -1.05. The van der Waals surface area contributed by atoms with Crippen molar-refractivity contribution in [2.75, 3.05) is 0 Å². The Morgan fingerprint density at radius 2 is 2.05 bits per heavy atom. The van der Waals surface area contributed by atoms with Gasteiger partial charge in [0, 0.05) is 0 Å². The Balaban J connectivity index is 2.05. The van der Waals surface area contributed by atoms with Crippen LogP contribution < -0.4 is 5.32 Å². The SMILES string of the molecule is CC(NC(=O)OC(C)(C)C)[C@H](O)c1nc2ccccc2o1. The van der Waals surface area contributed by atoms with E-state index < -0.39 is 23.8 Å². The molecule has 0 bridgehead atoms. The number of carbonyl (C=O) groups is 1. The van der Waals surface area contributed by atoms with Crippen LogP contribution in [0, 0.1) is 0 Å². The second-order valence-electron chi connectivity index (χ2n) is 5.90. The lowest BCUT2D eigenvalue weighted by Gasteiger charge is -2.23. The maximum absolute atomic E-state index is 11.7. The van der Waals surface area contributed by atoms with Crippen molar-refractivity contribution in [1.82, 2.24) is 10.3 Å². The van der Waals surface area contributed by atoms with Crippen LogP contribution in [0.4, 0.5) is 4.79 Å². The Labute approximate surface area is 123 Å². The molecule has 1 unspecified atom stereocenters. The molecule has 21 heavy (non-hydrogen) atoms. The van der Waals surface area contributed by atoms with Gasteiger partial charge in [-0.15, -0.1) is 0 Å². The molecule has 1 amide bonds. The number of nitrogens with zero attached hydrogens (tertiary/aromatic N) is 1. The highest BCUT2D eigenvalue weighted by atomic mass is 16.6. The zero-order valence-corrected chi connectivity index (χ0v) is 12.6. The quantitative estimate of drug-likeness (QED) is 0.908. The van der Waals surface area contributed by atoms with E-state index in [0.717, 1.165) is 0 Å². The van der Waals surface area contributed by atoms with E-state index in [1.165, 1.54) is 0 Å². The van der Waals surface area contributed by atoms with Crippen molar-refractivity contribution in [1.29, 1.82) is 0 Å². The number of aliphatic hydroxyl groups is 1. The van der Waals surface area contributed by atoms with Gasteiger partial charge in [-0.1, -0.05) is 12.1 Å². The summed E-state index contributed by atoms with van der Waals surface area (Å²) in [5.74, 6) is 0.166. The number of para-hydroxylation sites is 2. The third kappa shape index (κ3) is 3.95. The summed E-state index contributed by atoms with van der Waals surface area (Å²) in [4.78, 5) is 15.9. The molecule has 1 heterocycles. The predicted molar refractivity (Wildman–Crippen MR) is 77.8 cm³/mol. The molecule has 0 saturated heterocycles. The summed E-state index contributed by atoms with van der Waals surface area (Å²) in [7, 11) is 0. The Bertz CT molecular complexity index is 597. The van der Waals surface area contributed by atoms with Crippen LogP contribution in [0.15, 0.2) is 28.7 Å². The third-order valence-electron chi connectivity index (χ3n) is 2.78. The number of aromatic nitrogens is 1. The van der Waals surface area contributed by atoms with Crippen LogP contribution in [0.2, 0.25) is 0 Å². The number of fused-ring (bicyclic) bond motifs is 1. The monoisotopic (exact) mass is 292 g/mol. The summed E-state index contributed by atoms with van der Waals surface area (Å²) in [5.41, 5.74) is 0.666. The fraction of sp³-hybridized carbons (Fsp3) is 0.467. The fourth-order valence-electron chi connectivity index (χ4n) is 1.80. The number of ether oxygens (including phenoxy) is 1. The Morgan fingerprint density at radius 1 is 1.38 bits per heavy atom. The van der Waals surface area contributed by atoms with Gasteiger partial charge < -0.3 is 19.6 Å². The fourth-order valence-corrected chi connectivity index (χ4v) is 1.80. The molecule has 0 aliphatic heterocycles. The molecular formula is C15H20N2O4. The number of carbonyl (C=O) groups excluding carboxylic acids is 1. The molecule has 6 heteroatoms. The van der Waals surface area contributed by atoms with Crippen LogP contribution in [-0.4, -0.2) is 27.8 Å². The standard InChI is InChI=1S/C15H20N2O4/c1-9(16-14(19)21-15(2,3)4)12(18)13-17-10-7-5-6-8-11(10)20-13/h5-9,12,18H,1-4H3,(H,16,19)/t9?,12-/m0/s1. The third-order valence-corrected chi connectivity index (χ3v) is 2.78. The molecule has 0 aliphatic rings. The van der Waals surface area contributed by atoms with E-state index in [4.69, 9.17) is 9.15 Å². The van der Waals surface area contributed by atoms with Crippen molar-refractivity contribution in [2.45, 2.75) is 45.4 Å². The first-order valence-electron chi connectivity index (χ1n) is 6.79. The van der Waals surface area contributed by atoms with Crippen LogP contribution in [0.5, 0.6) is 0 Å². The Morgan fingerprint density at radius 3 is 2.67 bits per heavy atom. The van der Waals surface area contributed by atoms with Crippen molar-refractivity contribution in [3.63, 3.8) is 0 Å². The highest BCUT2D eigenvalue weighted by molar-refractivity contribution is 5.72. The zero-order chi connectivity index (χ0) is 15.6. The van der Waals surface area contributed by atoms with Gasteiger partial charge >= 0.3 is 6.09 Å². The molecule has 2 atom stereocenters. The molecule has 0 fully saturated rings. The van der Waals surface area contributed by atoms with E-state index in [-0.39, 0.29) is 5.89 Å². The van der Waals surface area contributed by atoms with E-state index in [1.807, 2.05) is 12.1 Å². The highest BCUT2D eigenvalue weighted by Gasteiger charge is 2.25. The summed E-state index contributed by atoms with van der Waals surface area (Å²) >= 11 is 0. The van der Waals surface area contributed by atoms with Gasteiger partial charge in [0.1, 0.15) is 17.2 Å². The minimum Gasteiger partial charge on any atom is -0.444 e. The normalized spacial score (nSPS) is 14.7. The van der Waals surface area contributed by atoms with Gasteiger partial charge in [0.15, 0.2) is 5.58 Å². The molecular weight excluding hydrogens is 272 g/mol. The number of benzene rings is 1. The summed E-state index contributed by atoms with van der Waals surface area (Å²) < 4.78 is 10.6. The molecule has 0 aliphatic carbocycles. The number of amides is 1. The van der Waals surface area contributed by atoms with Crippen LogP contribution in [0.1, 0.15) is 39.7 Å². The lowest BCUT2D eigenvalue weighted by Crippen LogP contribution is -2.40. The summed E-state index contributed by atoms with van der Waals surface area (Å²) in [6.45, 7) is 6.97. The predicted octanol–water partition coefficient (Wildman–Crippen LogP) is 2.77. The second kappa shape index (κ2) is 5.73. The summed E-state index contributed by atoms with van der Waals surface area (Å²) in [6.07, 6.45) is -1.64. The van der Waals surface area contributed by atoms with Gasteiger partial charge in [-0.3, -0.25) is 0 Å². The number of aliphatic hydroxyl groups excluding tert-OH is 1. The molecule has 2 aromatic rings. The lowest BCUT2D eigenvalue weighted by atomic mass is 10.2. The number of hydrogen-bond acceptors (Lipinski definition) is 5. The van der Waals surface area contributed by atoms with E-state index in [9.17, 15) is 9.90 Å². The van der Waals surface area contributed by atoms with Crippen LogP contribution in [0.25, 0.3) is 11.1 Å². The van der Waals surface area contributed by atoms with Crippen LogP contribution in [-0.2, 0) is 4.74 Å². The van der Waals surface area contributed by atoms with Gasteiger partial charge in [-0.05, 0) is 39.8 Å². The molecule has 0 spiro atoms. The Hall–Kier alpha value is -2.08. The lowest BCUT2D eigenvalue weighted by molar-refractivity contribution is 0.0410. The topological polar surface area (TPSA) is 84.6 Å². The molecule has 6 nitrogen and oxygen atoms in total. The van der Waals surface area contributed by atoms with Crippen molar-refractivity contribution in [2.24, 2.45) is 0 Å². The van der Waals surface area contributed by atoms with Crippen molar-refractivity contribution < 1.29 is 19.1 Å². The zero-order valence-electron chi connectivity index (χ0n) is 12.6. The second-order valence-corrected chi connectivity index (χ2v) is 5.90. The molecule has 0 radical (unpaired) electrons. The van der Waals surface area contributed by atoms with Crippen molar-refractivity contribution in [3.8, 4) is 0 Å². The first-order chi connectivity index (χ1) is 9.76. The molecule has 2 rings (SSSR count). The van der Waals surface area contributed by atoms with Gasteiger partial charge in [0.2, 0.25) is 5.89 Å². The average molecular weight is 292 g/mol. The van der Waals surface area contributed by atoms with E-state index in [0.29, 0.717) is 11.1 Å². The van der Waals surface area contributed by atoms with E-state index in [1.54, 1.807) is 39.8 Å². The molecule has 0 saturated carbocycles. The number of hydrogen-bond donors (Lipinski definition) is 2. The largest absolute Gasteiger partial charge is 0.444 e. The van der Waals surface area contributed by atoms with Crippen molar-refractivity contribution >= 4 is 17.2 Å².